The summed E-state index contributed by atoms with van der Waals surface area (Å²) >= 11 is 0. The van der Waals surface area contributed by atoms with E-state index in [9.17, 15) is 0 Å². The summed E-state index contributed by atoms with van der Waals surface area (Å²) in [6.07, 6.45) is 5.07. The van der Waals surface area contributed by atoms with Crippen molar-refractivity contribution in [3.05, 3.63) is 36.1 Å². The second-order valence-corrected chi connectivity index (χ2v) is 4.93. The fourth-order valence-electron chi connectivity index (χ4n) is 2.29. The number of hydrazine groups is 1. The molecule has 0 bridgehead atoms. The van der Waals surface area contributed by atoms with Crippen LogP contribution in [0.25, 0.3) is 11.0 Å². The van der Waals surface area contributed by atoms with Crippen molar-refractivity contribution < 1.29 is 4.42 Å². The van der Waals surface area contributed by atoms with Gasteiger partial charge in [0.15, 0.2) is 0 Å². The first-order chi connectivity index (χ1) is 8.36. The Morgan fingerprint density at radius 1 is 1.35 bits per heavy atom. The third-order valence-corrected chi connectivity index (χ3v) is 3.55. The highest BCUT2D eigenvalue weighted by molar-refractivity contribution is 5.77. The molecule has 0 radical (unpaired) electrons. The van der Waals surface area contributed by atoms with E-state index in [1.54, 1.807) is 0 Å². The average molecular weight is 230 g/mol. The van der Waals surface area contributed by atoms with Gasteiger partial charge in [-0.2, -0.15) is 0 Å². The zero-order valence-corrected chi connectivity index (χ0v) is 9.86. The first-order valence-corrected chi connectivity index (χ1v) is 6.31. The van der Waals surface area contributed by atoms with E-state index in [-0.39, 0.29) is 6.04 Å². The summed E-state index contributed by atoms with van der Waals surface area (Å²) in [5.41, 5.74) is 3.81. The molecule has 0 spiro atoms. The summed E-state index contributed by atoms with van der Waals surface area (Å²) in [4.78, 5) is 0. The molecule has 3 nitrogen and oxygen atoms in total. The largest absolute Gasteiger partial charge is 0.459 e. The van der Waals surface area contributed by atoms with Crippen molar-refractivity contribution >= 4 is 11.0 Å². The lowest BCUT2D eigenvalue weighted by atomic mass is 10.1. The third kappa shape index (κ3) is 2.35. The maximum atomic E-state index is 5.83. The Morgan fingerprint density at radius 3 is 2.88 bits per heavy atom. The molecule has 1 aliphatic carbocycles. The maximum Gasteiger partial charge on any atom is 0.134 e. The summed E-state index contributed by atoms with van der Waals surface area (Å²) in [5, 5.41) is 1.15. The molecule has 1 atom stereocenters. The average Bonchev–Trinajstić information content (AvgIpc) is 3.08. The normalized spacial score (nSPS) is 17.5. The molecule has 1 aliphatic rings. The number of nitrogens with one attached hydrogen (secondary N) is 1. The first-order valence-electron chi connectivity index (χ1n) is 6.31. The Labute approximate surface area is 101 Å². The zero-order chi connectivity index (χ0) is 11.7. The van der Waals surface area contributed by atoms with Crippen LogP contribution >= 0.6 is 0 Å². The Morgan fingerprint density at radius 2 is 2.18 bits per heavy atom. The van der Waals surface area contributed by atoms with Gasteiger partial charge in [-0.15, -0.1) is 0 Å². The van der Waals surface area contributed by atoms with Gasteiger partial charge in [0.1, 0.15) is 11.3 Å². The fraction of sp³-hybridized carbons (Fsp3) is 0.429. The highest BCUT2D eigenvalue weighted by atomic mass is 16.3. The van der Waals surface area contributed by atoms with Crippen LogP contribution in [-0.2, 0) is 0 Å². The topological polar surface area (TPSA) is 51.2 Å². The molecule has 1 aromatic heterocycles. The van der Waals surface area contributed by atoms with E-state index >= 15 is 0 Å². The van der Waals surface area contributed by atoms with E-state index < -0.39 is 0 Å². The Hall–Kier alpha value is -1.32. The van der Waals surface area contributed by atoms with Gasteiger partial charge in [0.2, 0.25) is 0 Å². The van der Waals surface area contributed by atoms with Crippen LogP contribution in [0.2, 0.25) is 0 Å². The van der Waals surface area contributed by atoms with Crippen molar-refractivity contribution in [3.8, 4) is 0 Å². The predicted octanol–water partition coefficient (Wildman–Crippen LogP) is 3.13. The quantitative estimate of drug-likeness (QED) is 0.613. The minimum Gasteiger partial charge on any atom is -0.459 e. The van der Waals surface area contributed by atoms with Crippen LogP contribution in [0.5, 0.6) is 0 Å². The van der Waals surface area contributed by atoms with Crippen LogP contribution < -0.4 is 11.3 Å². The van der Waals surface area contributed by atoms with Gasteiger partial charge in [0.05, 0.1) is 6.04 Å². The summed E-state index contributed by atoms with van der Waals surface area (Å²) in [7, 11) is 0. The molecular weight excluding hydrogens is 212 g/mol. The standard InChI is InChI=1S/C14H18N2O/c15-16-12(8-7-10-5-6-10)14-9-11-3-1-2-4-13(11)17-14/h1-4,9-10,12,16H,5-8,15H2. The fourth-order valence-corrected chi connectivity index (χ4v) is 2.29. The predicted molar refractivity (Wildman–Crippen MR) is 68.2 cm³/mol. The molecule has 2 aromatic rings. The number of nitrogens with two attached hydrogens (primary N) is 1. The maximum absolute atomic E-state index is 5.83. The number of para-hydroxylation sites is 1. The van der Waals surface area contributed by atoms with Crippen molar-refractivity contribution in [1.82, 2.24) is 5.43 Å². The van der Waals surface area contributed by atoms with E-state index in [4.69, 9.17) is 10.3 Å². The van der Waals surface area contributed by atoms with E-state index in [1.165, 1.54) is 19.3 Å². The SMILES string of the molecule is NNC(CCC1CC1)c1cc2ccccc2o1. The number of rotatable bonds is 5. The number of benzene rings is 1. The molecule has 3 N–H and O–H groups in total. The number of hydrogen-bond donors (Lipinski definition) is 2. The van der Waals surface area contributed by atoms with Crippen molar-refractivity contribution in [2.24, 2.45) is 11.8 Å². The van der Waals surface area contributed by atoms with Crippen LogP contribution in [0.15, 0.2) is 34.7 Å². The molecule has 3 rings (SSSR count). The lowest BCUT2D eigenvalue weighted by Crippen LogP contribution is -2.27. The summed E-state index contributed by atoms with van der Waals surface area (Å²) in [6, 6.07) is 10.3. The zero-order valence-electron chi connectivity index (χ0n) is 9.86. The third-order valence-electron chi connectivity index (χ3n) is 3.55. The van der Waals surface area contributed by atoms with Crippen molar-refractivity contribution in [2.45, 2.75) is 31.7 Å². The monoisotopic (exact) mass is 230 g/mol. The molecule has 0 aliphatic heterocycles. The van der Waals surface area contributed by atoms with Crippen molar-refractivity contribution in [2.75, 3.05) is 0 Å². The van der Waals surface area contributed by atoms with Crippen LogP contribution in [0.4, 0.5) is 0 Å². The van der Waals surface area contributed by atoms with Gasteiger partial charge < -0.3 is 4.42 Å². The number of hydrogen-bond acceptors (Lipinski definition) is 3. The second-order valence-electron chi connectivity index (χ2n) is 4.93. The lowest BCUT2D eigenvalue weighted by Gasteiger charge is -2.12. The highest BCUT2D eigenvalue weighted by Gasteiger charge is 2.23. The van der Waals surface area contributed by atoms with Crippen molar-refractivity contribution in [1.29, 1.82) is 0 Å². The molecule has 1 fully saturated rings. The Bertz CT molecular complexity index is 469. The highest BCUT2D eigenvalue weighted by Crippen LogP contribution is 2.36. The minimum atomic E-state index is 0.142. The molecule has 3 heteroatoms. The molecule has 17 heavy (non-hydrogen) atoms. The van der Waals surface area contributed by atoms with E-state index in [2.05, 4.69) is 17.6 Å². The molecule has 90 valence electrons. The summed E-state index contributed by atoms with van der Waals surface area (Å²) < 4.78 is 5.83. The van der Waals surface area contributed by atoms with Crippen LogP contribution in [-0.4, -0.2) is 0 Å². The molecule has 1 unspecified atom stereocenters. The smallest absolute Gasteiger partial charge is 0.134 e. The molecule has 1 heterocycles. The Balaban J connectivity index is 1.78. The van der Waals surface area contributed by atoms with Gasteiger partial charge in [-0.3, -0.25) is 5.84 Å². The molecule has 0 saturated heterocycles. The van der Waals surface area contributed by atoms with Gasteiger partial charge in [-0.05, 0) is 30.9 Å². The van der Waals surface area contributed by atoms with Gasteiger partial charge in [-0.25, -0.2) is 5.43 Å². The molecule has 1 aromatic carbocycles. The number of fused-ring (bicyclic) bond motifs is 1. The van der Waals surface area contributed by atoms with E-state index in [0.717, 1.165) is 29.1 Å². The van der Waals surface area contributed by atoms with Crippen LogP contribution in [0.1, 0.15) is 37.5 Å². The molecular formula is C14H18N2O. The summed E-state index contributed by atoms with van der Waals surface area (Å²) in [6.45, 7) is 0. The van der Waals surface area contributed by atoms with Gasteiger partial charge in [0.25, 0.3) is 0 Å². The van der Waals surface area contributed by atoms with E-state index in [0.29, 0.717) is 0 Å². The van der Waals surface area contributed by atoms with Gasteiger partial charge in [0, 0.05) is 5.39 Å². The second kappa shape index (κ2) is 4.51. The van der Waals surface area contributed by atoms with Crippen LogP contribution in [0, 0.1) is 5.92 Å². The summed E-state index contributed by atoms with van der Waals surface area (Å²) in [5.74, 6) is 7.50. The Kier molecular flexibility index (Phi) is 2.87. The minimum absolute atomic E-state index is 0.142. The van der Waals surface area contributed by atoms with Gasteiger partial charge >= 0.3 is 0 Å². The molecule has 0 amide bonds. The first kappa shape index (κ1) is 10.8. The van der Waals surface area contributed by atoms with Crippen molar-refractivity contribution in [3.63, 3.8) is 0 Å². The van der Waals surface area contributed by atoms with Crippen LogP contribution in [0.3, 0.4) is 0 Å². The number of furan rings is 1. The lowest BCUT2D eigenvalue weighted by molar-refractivity contribution is 0.401. The van der Waals surface area contributed by atoms with Gasteiger partial charge in [-0.1, -0.05) is 31.0 Å². The van der Waals surface area contributed by atoms with E-state index in [1.807, 2.05) is 18.2 Å². The molecule has 1 saturated carbocycles.